The molecular formula is C44H37N. The number of hydrogen-bond donors (Lipinski definition) is 0. The van der Waals surface area contributed by atoms with E-state index in [2.05, 4.69) is 178 Å². The third kappa shape index (κ3) is 4.46. The summed E-state index contributed by atoms with van der Waals surface area (Å²) in [6.45, 7) is 9.31. The molecule has 1 heteroatoms. The maximum atomic E-state index is 2.49. The summed E-state index contributed by atoms with van der Waals surface area (Å²) in [6.07, 6.45) is 0. The van der Waals surface area contributed by atoms with E-state index in [4.69, 9.17) is 0 Å². The molecule has 0 spiro atoms. The topological polar surface area (TPSA) is 3.24 Å². The molecule has 0 unspecified atom stereocenters. The van der Waals surface area contributed by atoms with Crippen LogP contribution in [0.15, 0.2) is 146 Å². The molecular weight excluding hydrogens is 542 g/mol. The average molecular weight is 580 g/mol. The second kappa shape index (κ2) is 10.5. The van der Waals surface area contributed by atoms with Crippen molar-refractivity contribution < 1.29 is 0 Å². The van der Waals surface area contributed by atoms with Crippen molar-refractivity contribution >= 4 is 38.6 Å². The first kappa shape index (κ1) is 27.4. The van der Waals surface area contributed by atoms with Gasteiger partial charge < -0.3 is 4.90 Å². The van der Waals surface area contributed by atoms with Crippen LogP contribution < -0.4 is 4.90 Å². The molecule has 0 radical (unpaired) electrons. The molecule has 1 nitrogen and oxygen atoms in total. The van der Waals surface area contributed by atoms with Gasteiger partial charge in [0.05, 0.1) is 5.69 Å². The van der Waals surface area contributed by atoms with E-state index in [-0.39, 0.29) is 5.41 Å². The van der Waals surface area contributed by atoms with Crippen LogP contribution in [0.5, 0.6) is 0 Å². The first-order valence-electron chi connectivity index (χ1n) is 16.1. The Hall–Kier alpha value is -5.14. The third-order valence-corrected chi connectivity index (χ3v) is 9.79. The van der Waals surface area contributed by atoms with Crippen molar-refractivity contribution in [2.45, 2.75) is 39.0 Å². The van der Waals surface area contributed by atoms with E-state index in [9.17, 15) is 0 Å². The fourth-order valence-electron chi connectivity index (χ4n) is 7.45. The van der Waals surface area contributed by atoms with Gasteiger partial charge in [-0.25, -0.2) is 0 Å². The Morgan fingerprint density at radius 3 is 1.76 bits per heavy atom. The van der Waals surface area contributed by atoms with Gasteiger partial charge in [0, 0.05) is 22.4 Å². The molecule has 0 atom stereocenters. The minimum atomic E-state index is -0.0898. The Balaban J connectivity index is 1.44. The highest BCUT2D eigenvalue weighted by Gasteiger charge is 2.36. The van der Waals surface area contributed by atoms with Crippen LogP contribution in [0.25, 0.3) is 43.8 Å². The van der Waals surface area contributed by atoms with Crippen molar-refractivity contribution in [3.8, 4) is 22.3 Å². The smallest absolute Gasteiger partial charge is 0.0546 e. The van der Waals surface area contributed by atoms with Crippen LogP contribution in [0.4, 0.5) is 17.1 Å². The van der Waals surface area contributed by atoms with Crippen molar-refractivity contribution in [1.82, 2.24) is 0 Å². The molecule has 0 N–H and O–H groups in total. The summed E-state index contributed by atoms with van der Waals surface area (Å²) >= 11 is 0. The minimum absolute atomic E-state index is 0.0898. The summed E-state index contributed by atoms with van der Waals surface area (Å²) in [5.41, 5.74) is 12.8. The number of nitrogens with zero attached hydrogens (tertiary/aromatic N) is 1. The highest BCUT2D eigenvalue weighted by Crippen LogP contribution is 2.52. The molecule has 7 aromatic carbocycles. The summed E-state index contributed by atoms with van der Waals surface area (Å²) < 4.78 is 0. The molecule has 0 saturated carbocycles. The Bertz CT molecular complexity index is 2240. The molecule has 1 aliphatic carbocycles. The molecule has 8 rings (SSSR count). The standard InChI is InChI=1S/C44H37N/c1-29(2)36-17-9-10-18-37(36)40-26-32-15-7-8-16-33(32)27-43(40)45(34-22-21-30-13-5-6-14-31(30)25-34)35-23-24-39-38-19-11-12-20-41(38)44(3,4)42(39)28-35/h5-29H,1-4H3. The van der Waals surface area contributed by atoms with E-state index < -0.39 is 0 Å². The zero-order valence-corrected chi connectivity index (χ0v) is 26.4. The summed E-state index contributed by atoms with van der Waals surface area (Å²) in [6, 6.07) is 54.0. The van der Waals surface area contributed by atoms with Crippen molar-refractivity contribution in [2.75, 3.05) is 4.90 Å². The summed E-state index contributed by atoms with van der Waals surface area (Å²) in [5, 5.41) is 4.96. The average Bonchev–Trinajstić information content (AvgIpc) is 3.30. The van der Waals surface area contributed by atoms with E-state index in [1.54, 1.807) is 0 Å². The van der Waals surface area contributed by atoms with E-state index in [0.717, 1.165) is 5.69 Å². The molecule has 1 aliphatic rings. The number of hydrogen-bond acceptors (Lipinski definition) is 1. The predicted molar refractivity (Wildman–Crippen MR) is 193 cm³/mol. The van der Waals surface area contributed by atoms with E-state index in [1.807, 2.05) is 0 Å². The lowest BCUT2D eigenvalue weighted by Gasteiger charge is -2.31. The quantitative estimate of drug-likeness (QED) is 0.196. The van der Waals surface area contributed by atoms with Crippen molar-refractivity contribution in [2.24, 2.45) is 0 Å². The number of anilines is 3. The SMILES string of the molecule is CC(C)c1ccccc1-c1cc2ccccc2cc1N(c1ccc2c(c1)C(C)(C)c1ccccc1-2)c1ccc2ccccc2c1. The molecule has 45 heavy (non-hydrogen) atoms. The van der Waals surface area contributed by atoms with Gasteiger partial charge in [-0.1, -0.05) is 137 Å². The largest absolute Gasteiger partial charge is 0.310 e. The van der Waals surface area contributed by atoms with Crippen molar-refractivity contribution in [3.63, 3.8) is 0 Å². The van der Waals surface area contributed by atoms with Gasteiger partial charge in [0.2, 0.25) is 0 Å². The molecule has 0 bridgehead atoms. The number of fused-ring (bicyclic) bond motifs is 5. The lowest BCUT2D eigenvalue weighted by molar-refractivity contribution is 0.660. The van der Waals surface area contributed by atoms with Crippen LogP contribution in [0.3, 0.4) is 0 Å². The number of benzene rings is 7. The van der Waals surface area contributed by atoms with Gasteiger partial charge in [0.1, 0.15) is 0 Å². The molecule has 0 aromatic heterocycles. The van der Waals surface area contributed by atoms with Crippen LogP contribution in [0.1, 0.15) is 50.3 Å². The van der Waals surface area contributed by atoms with Crippen molar-refractivity contribution in [1.29, 1.82) is 0 Å². The summed E-state index contributed by atoms with van der Waals surface area (Å²) in [4.78, 5) is 2.49. The first-order valence-corrected chi connectivity index (χ1v) is 16.1. The Kier molecular flexibility index (Phi) is 6.39. The van der Waals surface area contributed by atoms with Gasteiger partial charge in [-0.3, -0.25) is 0 Å². The monoisotopic (exact) mass is 579 g/mol. The molecule has 0 aliphatic heterocycles. The van der Waals surface area contributed by atoms with Gasteiger partial charge in [-0.15, -0.1) is 0 Å². The summed E-state index contributed by atoms with van der Waals surface area (Å²) in [5.74, 6) is 0.397. The Labute approximate surface area is 266 Å². The van der Waals surface area contributed by atoms with Crippen molar-refractivity contribution in [3.05, 3.63) is 162 Å². The second-order valence-electron chi connectivity index (χ2n) is 13.2. The number of rotatable bonds is 5. The maximum absolute atomic E-state index is 2.49. The normalized spacial score (nSPS) is 13.3. The zero-order chi connectivity index (χ0) is 30.7. The van der Waals surface area contributed by atoms with Gasteiger partial charge >= 0.3 is 0 Å². The first-order chi connectivity index (χ1) is 21.9. The molecule has 0 heterocycles. The zero-order valence-electron chi connectivity index (χ0n) is 26.4. The van der Waals surface area contributed by atoms with Crippen LogP contribution >= 0.6 is 0 Å². The van der Waals surface area contributed by atoms with E-state index >= 15 is 0 Å². The Morgan fingerprint density at radius 1 is 0.444 bits per heavy atom. The Morgan fingerprint density at radius 2 is 1.00 bits per heavy atom. The van der Waals surface area contributed by atoms with Crippen LogP contribution in [0, 0.1) is 0 Å². The molecule has 0 saturated heterocycles. The molecule has 218 valence electrons. The highest BCUT2D eigenvalue weighted by atomic mass is 15.1. The molecule has 7 aromatic rings. The van der Waals surface area contributed by atoms with Crippen LogP contribution in [-0.2, 0) is 5.41 Å². The predicted octanol–water partition coefficient (Wildman–Crippen LogP) is 12.6. The highest BCUT2D eigenvalue weighted by molar-refractivity contribution is 6.00. The van der Waals surface area contributed by atoms with Crippen LogP contribution in [-0.4, -0.2) is 0 Å². The fraction of sp³-hybridized carbons (Fsp3) is 0.136. The van der Waals surface area contributed by atoms with Gasteiger partial charge in [-0.05, 0) is 97.2 Å². The lowest BCUT2D eigenvalue weighted by Crippen LogP contribution is -2.17. The van der Waals surface area contributed by atoms with Gasteiger partial charge in [-0.2, -0.15) is 0 Å². The van der Waals surface area contributed by atoms with Gasteiger partial charge in [0.15, 0.2) is 0 Å². The van der Waals surface area contributed by atoms with E-state index in [1.165, 1.54) is 71.9 Å². The molecule has 0 amide bonds. The summed E-state index contributed by atoms with van der Waals surface area (Å²) in [7, 11) is 0. The molecule has 0 fully saturated rings. The third-order valence-electron chi connectivity index (χ3n) is 9.79. The fourth-order valence-corrected chi connectivity index (χ4v) is 7.45. The lowest BCUT2D eigenvalue weighted by atomic mass is 9.82. The second-order valence-corrected chi connectivity index (χ2v) is 13.2. The van der Waals surface area contributed by atoms with Gasteiger partial charge in [0.25, 0.3) is 0 Å². The van der Waals surface area contributed by atoms with E-state index in [0.29, 0.717) is 5.92 Å². The maximum Gasteiger partial charge on any atom is 0.0546 e. The van der Waals surface area contributed by atoms with Crippen LogP contribution in [0.2, 0.25) is 0 Å². The minimum Gasteiger partial charge on any atom is -0.310 e.